The highest BCUT2D eigenvalue weighted by Gasteiger charge is 2.79. The van der Waals surface area contributed by atoms with Crippen molar-refractivity contribution in [1.82, 2.24) is 0 Å². The summed E-state index contributed by atoms with van der Waals surface area (Å²) < 4.78 is 5.94. The molecule has 6 nitrogen and oxygen atoms in total. The second-order valence-corrected chi connectivity index (χ2v) is 11.5. The maximum atomic E-state index is 13.6. The van der Waals surface area contributed by atoms with E-state index in [2.05, 4.69) is 19.9 Å². The number of ether oxygens (including phenoxy) is 1. The van der Waals surface area contributed by atoms with Gasteiger partial charge in [-0.3, -0.25) is 14.4 Å². The number of esters is 1. The summed E-state index contributed by atoms with van der Waals surface area (Å²) in [4.78, 5) is 38.5. The minimum absolute atomic E-state index is 0.0488. The van der Waals surface area contributed by atoms with Crippen LogP contribution in [0, 0.1) is 57.2 Å². The van der Waals surface area contributed by atoms with Gasteiger partial charge in [-0.05, 0) is 61.7 Å². The lowest BCUT2D eigenvalue weighted by molar-refractivity contribution is -0.213. The summed E-state index contributed by atoms with van der Waals surface area (Å²) in [6, 6.07) is 2.47. The van der Waals surface area contributed by atoms with E-state index in [1.807, 2.05) is 0 Å². The smallest absolute Gasteiger partial charge is 0.306 e. The Morgan fingerprint density at radius 3 is 2.50 bits per heavy atom. The van der Waals surface area contributed by atoms with Gasteiger partial charge in [0, 0.05) is 24.2 Å². The third-order valence-corrected chi connectivity index (χ3v) is 11.0. The minimum Gasteiger partial charge on any atom is -0.458 e. The number of carbonyl (C=O) groups is 3. The van der Waals surface area contributed by atoms with Crippen LogP contribution in [0.2, 0.25) is 0 Å². The highest BCUT2D eigenvalue weighted by molar-refractivity contribution is 6.07. The first-order valence-corrected chi connectivity index (χ1v) is 11.5. The van der Waals surface area contributed by atoms with Gasteiger partial charge in [-0.2, -0.15) is 5.26 Å². The molecule has 0 aromatic carbocycles. The second kappa shape index (κ2) is 5.35. The summed E-state index contributed by atoms with van der Waals surface area (Å²) in [5, 5.41) is 21.9. The highest BCUT2D eigenvalue weighted by Crippen LogP contribution is 2.76. The molecule has 160 valence electrons. The lowest BCUT2D eigenvalue weighted by Crippen LogP contribution is -2.65. The summed E-state index contributed by atoms with van der Waals surface area (Å²) >= 11 is 0. The van der Waals surface area contributed by atoms with Crippen molar-refractivity contribution in [3.05, 3.63) is 0 Å². The van der Waals surface area contributed by atoms with Crippen molar-refractivity contribution in [3.8, 4) is 6.07 Å². The fourth-order valence-electron chi connectivity index (χ4n) is 9.73. The van der Waals surface area contributed by atoms with Crippen LogP contribution in [0.5, 0.6) is 0 Å². The molecular formula is C24H29NO5. The first kappa shape index (κ1) is 19.0. The van der Waals surface area contributed by atoms with Crippen molar-refractivity contribution in [2.75, 3.05) is 0 Å². The van der Waals surface area contributed by atoms with E-state index in [1.165, 1.54) is 0 Å². The van der Waals surface area contributed by atoms with Gasteiger partial charge in [-0.15, -0.1) is 0 Å². The third kappa shape index (κ3) is 1.74. The van der Waals surface area contributed by atoms with E-state index in [4.69, 9.17) is 4.74 Å². The average molecular weight is 411 g/mol. The van der Waals surface area contributed by atoms with Crippen molar-refractivity contribution in [1.29, 1.82) is 5.26 Å². The Bertz CT molecular complexity index is 938. The maximum Gasteiger partial charge on any atom is 0.306 e. The zero-order valence-electron chi connectivity index (χ0n) is 17.6. The van der Waals surface area contributed by atoms with Crippen LogP contribution in [0.3, 0.4) is 0 Å². The van der Waals surface area contributed by atoms with Gasteiger partial charge in [-0.25, -0.2) is 0 Å². The second-order valence-electron chi connectivity index (χ2n) is 11.5. The van der Waals surface area contributed by atoms with Crippen LogP contribution in [0.15, 0.2) is 0 Å². The van der Waals surface area contributed by atoms with Gasteiger partial charge in [0.05, 0.1) is 23.5 Å². The summed E-state index contributed by atoms with van der Waals surface area (Å²) in [5.41, 5.74) is -2.44. The lowest BCUT2D eigenvalue weighted by atomic mass is 9.39. The predicted molar refractivity (Wildman–Crippen MR) is 103 cm³/mol. The molecule has 2 bridgehead atoms. The number of hydrogen-bond donors (Lipinski definition) is 1. The van der Waals surface area contributed by atoms with Gasteiger partial charge in [0.25, 0.3) is 0 Å². The molecule has 1 spiro atoms. The molecule has 30 heavy (non-hydrogen) atoms. The molecule has 5 aliphatic carbocycles. The molecule has 1 N–H and O–H groups in total. The van der Waals surface area contributed by atoms with Crippen molar-refractivity contribution in [2.24, 2.45) is 45.8 Å². The average Bonchev–Trinajstić information content (AvgIpc) is 3.31. The molecule has 0 aromatic rings. The van der Waals surface area contributed by atoms with E-state index < -0.39 is 28.5 Å². The molecule has 0 aromatic heterocycles. The summed E-state index contributed by atoms with van der Waals surface area (Å²) in [5.74, 6) is -1.52. The number of fused-ring (bicyclic) bond motifs is 7. The maximum absolute atomic E-state index is 13.6. The normalized spacial score (nSPS) is 58.4. The Hall–Kier alpha value is -1.74. The van der Waals surface area contributed by atoms with Crippen LogP contribution in [0.1, 0.15) is 65.2 Å². The Kier molecular flexibility index (Phi) is 3.39. The minimum atomic E-state index is -0.976. The van der Waals surface area contributed by atoms with Crippen LogP contribution < -0.4 is 0 Å². The molecule has 0 amide bonds. The summed E-state index contributed by atoms with van der Waals surface area (Å²) in [7, 11) is 0. The van der Waals surface area contributed by atoms with Crippen LogP contribution in [0.4, 0.5) is 0 Å². The molecule has 1 saturated heterocycles. The number of aliphatic hydroxyl groups is 1. The van der Waals surface area contributed by atoms with Crippen molar-refractivity contribution in [2.45, 2.75) is 76.9 Å². The zero-order chi connectivity index (χ0) is 21.3. The fraction of sp³-hybridized carbons (Fsp3) is 0.833. The number of hydrogen-bond acceptors (Lipinski definition) is 6. The molecule has 1 heterocycles. The Balaban J connectivity index is 1.52. The molecule has 10 atom stereocenters. The molecule has 1 aliphatic heterocycles. The molecule has 6 rings (SSSR count). The van der Waals surface area contributed by atoms with Gasteiger partial charge < -0.3 is 9.84 Å². The molecule has 0 radical (unpaired) electrons. The first-order chi connectivity index (χ1) is 14.1. The van der Waals surface area contributed by atoms with E-state index >= 15 is 0 Å². The van der Waals surface area contributed by atoms with E-state index in [0.717, 1.165) is 12.8 Å². The fourth-order valence-corrected chi connectivity index (χ4v) is 9.73. The van der Waals surface area contributed by atoms with Crippen molar-refractivity contribution in [3.63, 3.8) is 0 Å². The SMILES string of the molecule is C[C@]12C[C@@H](O)C3C(C1CC[C@@]21CCC(=O)O1)[C@H]1CC2(C#N)C(C(=O)CC[C@]32C)C1=O. The van der Waals surface area contributed by atoms with Gasteiger partial charge >= 0.3 is 5.97 Å². The topological polar surface area (TPSA) is 104 Å². The third-order valence-electron chi connectivity index (χ3n) is 11.0. The molecule has 6 heteroatoms. The van der Waals surface area contributed by atoms with E-state index in [1.54, 1.807) is 0 Å². The van der Waals surface area contributed by atoms with E-state index in [0.29, 0.717) is 38.5 Å². The van der Waals surface area contributed by atoms with Crippen LogP contribution in [-0.4, -0.2) is 34.3 Å². The summed E-state index contributed by atoms with van der Waals surface area (Å²) in [6.45, 7) is 4.21. The molecule has 5 unspecified atom stereocenters. The van der Waals surface area contributed by atoms with Crippen LogP contribution >= 0.6 is 0 Å². The molecule has 6 fully saturated rings. The molecule has 6 aliphatic rings. The van der Waals surface area contributed by atoms with Crippen LogP contribution in [-0.2, 0) is 19.1 Å². The number of rotatable bonds is 0. The number of Topliss-reactive ketones (excluding diaryl/α,β-unsaturated/α-hetero) is 2. The molecule has 5 saturated carbocycles. The number of ketones is 2. The number of aliphatic hydroxyl groups excluding tert-OH is 1. The quantitative estimate of drug-likeness (QED) is 0.485. The first-order valence-electron chi connectivity index (χ1n) is 11.5. The predicted octanol–water partition coefficient (Wildman–Crippen LogP) is 2.57. The van der Waals surface area contributed by atoms with E-state index in [-0.39, 0.29) is 46.6 Å². The van der Waals surface area contributed by atoms with Gasteiger partial charge in [0.2, 0.25) is 0 Å². The van der Waals surface area contributed by atoms with Gasteiger partial charge in [-0.1, -0.05) is 13.8 Å². The van der Waals surface area contributed by atoms with Crippen LogP contribution in [0.25, 0.3) is 0 Å². The van der Waals surface area contributed by atoms with Gasteiger partial charge in [0.1, 0.15) is 17.2 Å². The zero-order valence-corrected chi connectivity index (χ0v) is 17.6. The largest absolute Gasteiger partial charge is 0.458 e. The number of carbonyl (C=O) groups excluding carboxylic acids is 3. The van der Waals surface area contributed by atoms with E-state index in [9.17, 15) is 24.8 Å². The Morgan fingerprint density at radius 1 is 1.07 bits per heavy atom. The standard InChI is InChI=1S/C24H29NO5/c1-21-6-4-14(26)19-20(29)12(9-23(19,21)11-25)17-13-3-7-24(8-5-16(28)30-24)22(13,2)10-15(27)18(17)21/h12-13,15,17-19,27H,3-10H2,1-2H3/t12-,13?,15-,17?,18?,19?,21-,22+,23?,24-/m1/s1. The lowest BCUT2D eigenvalue weighted by Gasteiger charge is -2.64. The van der Waals surface area contributed by atoms with Crippen molar-refractivity contribution < 1.29 is 24.2 Å². The number of nitrogens with zero attached hydrogens (tertiary/aromatic N) is 1. The van der Waals surface area contributed by atoms with Crippen molar-refractivity contribution >= 4 is 17.5 Å². The summed E-state index contributed by atoms with van der Waals surface area (Å²) in [6.07, 6.45) is 3.95. The monoisotopic (exact) mass is 411 g/mol. The van der Waals surface area contributed by atoms with Gasteiger partial charge in [0.15, 0.2) is 0 Å². The number of nitriles is 1. The highest BCUT2D eigenvalue weighted by atomic mass is 16.6. The Morgan fingerprint density at radius 2 is 1.83 bits per heavy atom. The molecular weight excluding hydrogens is 382 g/mol. The Labute approximate surface area is 176 Å².